The number of carbonyl (C=O) groups is 2. The van der Waals surface area contributed by atoms with Crippen molar-refractivity contribution in [1.82, 2.24) is 4.98 Å². The number of anilines is 2. The van der Waals surface area contributed by atoms with Crippen LogP contribution in [0.3, 0.4) is 0 Å². The lowest BCUT2D eigenvalue weighted by molar-refractivity contribution is -0.138. The second-order valence-corrected chi connectivity index (χ2v) is 4.85. The van der Waals surface area contributed by atoms with Gasteiger partial charge in [-0.2, -0.15) is 0 Å². The van der Waals surface area contributed by atoms with E-state index in [0.717, 1.165) is 11.3 Å². The van der Waals surface area contributed by atoms with Gasteiger partial charge >= 0.3 is 5.97 Å². The fraction of sp³-hybridized carbons (Fsp3) is 0.188. The van der Waals surface area contributed by atoms with Crippen LogP contribution in [0.5, 0.6) is 0 Å². The van der Waals surface area contributed by atoms with Crippen molar-refractivity contribution < 1.29 is 19.1 Å². The van der Waals surface area contributed by atoms with Crippen LogP contribution in [0, 0.1) is 5.82 Å². The molecule has 7 heteroatoms. The van der Waals surface area contributed by atoms with E-state index in [4.69, 9.17) is 5.11 Å². The van der Waals surface area contributed by atoms with Crippen LogP contribution in [0.1, 0.15) is 18.4 Å². The van der Waals surface area contributed by atoms with E-state index in [0.29, 0.717) is 12.4 Å². The molecule has 0 unspecified atom stereocenters. The van der Waals surface area contributed by atoms with Crippen LogP contribution in [0.15, 0.2) is 42.6 Å². The summed E-state index contributed by atoms with van der Waals surface area (Å²) in [5, 5.41) is 14.2. The Labute approximate surface area is 132 Å². The van der Waals surface area contributed by atoms with Crippen molar-refractivity contribution in [2.75, 3.05) is 10.6 Å². The molecule has 0 saturated heterocycles. The molecular formula is C16H16FN3O3. The third-order valence-corrected chi connectivity index (χ3v) is 3.01. The zero-order valence-electron chi connectivity index (χ0n) is 12.3. The van der Waals surface area contributed by atoms with Crippen molar-refractivity contribution in [3.8, 4) is 0 Å². The maximum Gasteiger partial charge on any atom is 0.303 e. The monoisotopic (exact) mass is 317 g/mol. The van der Waals surface area contributed by atoms with Gasteiger partial charge in [0.1, 0.15) is 11.6 Å². The Morgan fingerprint density at radius 2 is 1.83 bits per heavy atom. The van der Waals surface area contributed by atoms with Crippen molar-refractivity contribution in [3.63, 3.8) is 0 Å². The number of aliphatic carboxylic acids is 1. The molecule has 2 aromatic rings. The molecule has 0 atom stereocenters. The Balaban J connectivity index is 1.83. The first-order chi connectivity index (χ1) is 11.0. The van der Waals surface area contributed by atoms with E-state index in [-0.39, 0.29) is 18.7 Å². The number of aromatic nitrogens is 1. The highest BCUT2D eigenvalue weighted by Gasteiger charge is 2.06. The predicted octanol–water partition coefficient (Wildman–Crippen LogP) is 2.64. The number of carboxylic acids is 1. The Morgan fingerprint density at radius 1 is 1.09 bits per heavy atom. The molecule has 1 amide bonds. The first kappa shape index (κ1) is 16.4. The molecule has 23 heavy (non-hydrogen) atoms. The topological polar surface area (TPSA) is 91.3 Å². The normalized spacial score (nSPS) is 10.1. The van der Waals surface area contributed by atoms with Gasteiger partial charge in [-0.15, -0.1) is 0 Å². The summed E-state index contributed by atoms with van der Waals surface area (Å²) in [5.41, 5.74) is 1.68. The summed E-state index contributed by atoms with van der Waals surface area (Å²) >= 11 is 0. The van der Waals surface area contributed by atoms with Crippen molar-refractivity contribution in [2.45, 2.75) is 19.4 Å². The van der Waals surface area contributed by atoms with Gasteiger partial charge in [0.15, 0.2) is 0 Å². The number of amides is 1. The fourth-order valence-electron chi connectivity index (χ4n) is 1.80. The number of hydrogen-bond acceptors (Lipinski definition) is 4. The van der Waals surface area contributed by atoms with Crippen LogP contribution in [0.2, 0.25) is 0 Å². The average molecular weight is 317 g/mol. The van der Waals surface area contributed by atoms with E-state index in [9.17, 15) is 14.0 Å². The third kappa shape index (κ3) is 5.74. The SMILES string of the molecule is O=C(O)CCC(=O)Nc1ccc(NCc2ccc(F)cc2)cn1. The predicted molar refractivity (Wildman–Crippen MR) is 83.5 cm³/mol. The van der Waals surface area contributed by atoms with Crippen LogP contribution in [0.25, 0.3) is 0 Å². The summed E-state index contributed by atoms with van der Waals surface area (Å²) in [7, 11) is 0. The van der Waals surface area contributed by atoms with Crippen molar-refractivity contribution >= 4 is 23.4 Å². The summed E-state index contributed by atoms with van der Waals surface area (Å²) < 4.78 is 12.8. The first-order valence-electron chi connectivity index (χ1n) is 6.99. The van der Waals surface area contributed by atoms with E-state index in [2.05, 4.69) is 15.6 Å². The molecule has 0 spiro atoms. The molecule has 1 aromatic carbocycles. The smallest absolute Gasteiger partial charge is 0.303 e. The number of halogens is 1. The van der Waals surface area contributed by atoms with E-state index in [1.54, 1.807) is 30.5 Å². The Bertz CT molecular complexity index is 672. The molecule has 0 bridgehead atoms. The van der Waals surface area contributed by atoms with Gasteiger partial charge in [-0.3, -0.25) is 9.59 Å². The van der Waals surface area contributed by atoms with Crippen molar-refractivity contribution in [2.24, 2.45) is 0 Å². The lowest BCUT2D eigenvalue weighted by atomic mass is 10.2. The number of carboxylic acid groups (broad SMARTS) is 1. The molecule has 120 valence electrons. The summed E-state index contributed by atoms with van der Waals surface area (Å²) in [4.78, 5) is 25.9. The molecule has 3 N–H and O–H groups in total. The molecule has 6 nitrogen and oxygen atoms in total. The highest BCUT2D eigenvalue weighted by Crippen LogP contribution is 2.12. The Hall–Kier alpha value is -2.96. The minimum atomic E-state index is -1.02. The second kappa shape index (κ2) is 7.88. The Kier molecular flexibility index (Phi) is 5.62. The van der Waals surface area contributed by atoms with Crippen LogP contribution in [-0.4, -0.2) is 22.0 Å². The third-order valence-electron chi connectivity index (χ3n) is 3.01. The lowest BCUT2D eigenvalue weighted by Gasteiger charge is -2.08. The van der Waals surface area contributed by atoms with Crippen molar-refractivity contribution in [3.05, 3.63) is 54.0 Å². The Morgan fingerprint density at radius 3 is 2.43 bits per heavy atom. The summed E-state index contributed by atoms with van der Waals surface area (Å²) in [6, 6.07) is 9.52. The van der Waals surface area contributed by atoms with Gasteiger partial charge in [0, 0.05) is 13.0 Å². The molecule has 0 fully saturated rings. The number of pyridine rings is 1. The zero-order valence-corrected chi connectivity index (χ0v) is 12.3. The molecule has 2 rings (SSSR count). The van der Waals surface area contributed by atoms with Gasteiger partial charge in [-0.25, -0.2) is 9.37 Å². The summed E-state index contributed by atoms with van der Waals surface area (Å²) in [6.07, 6.45) is 1.24. The minimum absolute atomic E-state index is 0.0957. The van der Waals surface area contributed by atoms with Gasteiger partial charge in [-0.05, 0) is 29.8 Å². The van der Waals surface area contributed by atoms with Gasteiger partial charge in [0.2, 0.25) is 5.91 Å². The van der Waals surface area contributed by atoms with Crippen LogP contribution in [0.4, 0.5) is 15.9 Å². The summed E-state index contributed by atoms with van der Waals surface area (Å²) in [6.45, 7) is 0.520. The highest BCUT2D eigenvalue weighted by molar-refractivity contribution is 5.91. The number of carbonyl (C=O) groups excluding carboxylic acids is 1. The van der Waals surface area contributed by atoms with Crippen LogP contribution < -0.4 is 10.6 Å². The van der Waals surface area contributed by atoms with Crippen LogP contribution in [-0.2, 0) is 16.1 Å². The van der Waals surface area contributed by atoms with E-state index < -0.39 is 11.9 Å². The van der Waals surface area contributed by atoms with Gasteiger partial charge in [-0.1, -0.05) is 12.1 Å². The standard InChI is InChI=1S/C16H16FN3O3/c17-12-3-1-11(2-4-12)9-18-13-5-6-14(19-10-13)20-15(21)7-8-16(22)23/h1-6,10,18H,7-9H2,(H,22,23)(H,19,20,21). The molecule has 1 aromatic heterocycles. The molecular weight excluding hydrogens is 301 g/mol. The molecule has 1 heterocycles. The molecule has 0 aliphatic rings. The highest BCUT2D eigenvalue weighted by atomic mass is 19.1. The number of hydrogen-bond donors (Lipinski definition) is 3. The number of nitrogens with one attached hydrogen (secondary N) is 2. The first-order valence-corrected chi connectivity index (χ1v) is 6.99. The van der Waals surface area contributed by atoms with E-state index in [1.165, 1.54) is 12.1 Å². The average Bonchev–Trinajstić information content (AvgIpc) is 2.54. The fourth-order valence-corrected chi connectivity index (χ4v) is 1.80. The number of rotatable bonds is 7. The maximum absolute atomic E-state index is 12.8. The van der Waals surface area contributed by atoms with Gasteiger partial charge in [0.25, 0.3) is 0 Å². The number of nitrogens with zero attached hydrogens (tertiary/aromatic N) is 1. The lowest BCUT2D eigenvalue weighted by Crippen LogP contribution is -2.14. The zero-order chi connectivity index (χ0) is 16.7. The van der Waals surface area contributed by atoms with E-state index in [1.807, 2.05) is 0 Å². The van der Waals surface area contributed by atoms with Crippen LogP contribution >= 0.6 is 0 Å². The van der Waals surface area contributed by atoms with Gasteiger partial charge in [0.05, 0.1) is 18.3 Å². The molecule has 0 radical (unpaired) electrons. The van der Waals surface area contributed by atoms with Crippen molar-refractivity contribution in [1.29, 1.82) is 0 Å². The molecule has 0 saturated carbocycles. The summed E-state index contributed by atoms with van der Waals surface area (Å²) in [5.74, 6) is -1.34. The number of benzene rings is 1. The quantitative estimate of drug-likeness (QED) is 0.730. The maximum atomic E-state index is 12.8. The van der Waals surface area contributed by atoms with E-state index >= 15 is 0 Å². The minimum Gasteiger partial charge on any atom is -0.481 e. The second-order valence-electron chi connectivity index (χ2n) is 4.85. The van der Waals surface area contributed by atoms with Gasteiger partial charge < -0.3 is 15.7 Å². The molecule has 0 aliphatic heterocycles. The molecule has 0 aliphatic carbocycles. The largest absolute Gasteiger partial charge is 0.481 e.